The maximum atomic E-state index is 6.02. The zero-order chi connectivity index (χ0) is 9.97. The summed E-state index contributed by atoms with van der Waals surface area (Å²) in [5.41, 5.74) is 1.83. The number of alkyl halides is 1. The molecule has 0 radical (unpaired) electrons. The first-order chi connectivity index (χ1) is 6.53. The fraction of sp³-hybridized carbons (Fsp3) is 0.455. The molecule has 0 heterocycles. The summed E-state index contributed by atoms with van der Waals surface area (Å²) >= 11 is 14.5. The minimum Gasteiger partial charge on any atom is -0.0827 e. The van der Waals surface area contributed by atoms with Crippen LogP contribution in [-0.2, 0) is 5.41 Å². The minimum atomic E-state index is 0.454. The lowest BCUT2D eigenvalue weighted by atomic mass is 9.42. The normalized spacial score (nSPS) is 38.8. The van der Waals surface area contributed by atoms with Crippen LogP contribution in [0, 0.1) is 0 Å². The summed E-state index contributed by atoms with van der Waals surface area (Å²) in [6.07, 6.45) is 3.95. The van der Waals surface area contributed by atoms with Gasteiger partial charge in [-0.05, 0) is 42.4 Å². The van der Waals surface area contributed by atoms with Gasteiger partial charge in [0.05, 0.1) is 10.0 Å². The van der Waals surface area contributed by atoms with Crippen LogP contribution in [0.2, 0.25) is 10.0 Å². The van der Waals surface area contributed by atoms with Gasteiger partial charge in [0.25, 0.3) is 0 Å². The van der Waals surface area contributed by atoms with Gasteiger partial charge in [-0.2, -0.15) is 0 Å². The summed E-state index contributed by atoms with van der Waals surface area (Å²) in [6, 6.07) is 6.09. The van der Waals surface area contributed by atoms with Crippen LogP contribution in [0.15, 0.2) is 18.2 Å². The lowest BCUT2D eigenvalue weighted by Crippen LogP contribution is -2.65. The predicted octanol–water partition coefficient (Wildman–Crippen LogP) is 4.60. The first-order valence-electron chi connectivity index (χ1n) is 4.68. The third-order valence-corrected chi connectivity index (χ3v) is 5.38. The molecular formula is C11H9Cl2I. The van der Waals surface area contributed by atoms with Crippen molar-refractivity contribution >= 4 is 45.8 Å². The highest BCUT2D eigenvalue weighted by Crippen LogP contribution is 2.72. The molecule has 1 aromatic rings. The highest BCUT2D eigenvalue weighted by atomic mass is 127. The van der Waals surface area contributed by atoms with Gasteiger partial charge in [0.1, 0.15) is 0 Å². The molecule has 0 saturated heterocycles. The van der Waals surface area contributed by atoms with E-state index in [9.17, 15) is 0 Å². The Labute approximate surface area is 107 Å². The molecular weight excluding hydrogens is 330 g/mol. The minimum absolute atomic E-state index is 0.454. The average molecular weight is 339 g/mol. The van der Waals surface area contributed by atoms with Gasteiger partial charge in [0.2, 0.25) is 0 Å². The smallest absolute Gasteiger partial charge is 0.0595 e. The molecule has 0 nitrogen and oxygen atoms in total. The van der Waals surface area contributed by atoms with Crippen LogP contribution in [-0.4, -0.2) is 3.42 Å². The van der Waals surface area contributed by atoms with Crippen molar-refractivity contribution in [2.24, 2.45) is 0 Å². The van der Waals surface area contributed by atoms with Crippen LogP contribution in [0.3, 0.4) is 0 Å². The third kappa shape index (κ3) is 1.18. The monoisotopic (exact) mass is 338 g/mol. The highest BCUT2D eigenvalue weighted by molar-refractivity contribution is 14.1. The van der Waals surface area contributed by atoms with Crippen LogP contribution >= 0.6 is 45.8 Å². The van der Waals surface area contributed by atoms with Crippen LogP contribution < -0.4 is 0 Å². The molecule has 3 aliphatic rings. The maximum absolute atomic E-state index is 6.02. The largest absolute Gasteiger partial charge is 0.0827 e. The van der Waals surface area contributed by atoms with Crippen molar-refractivity contribution in [2.75, 3.05) is 0 Å². The Morgan fingerprint density at radius 3 is 2.21 bits per heavy atom. The molecule has 3 aliphatic carbocycles. The van der Waals surface area contributed by atoms with E-state index in [0.29, 0.717) is 18.9 Å². The van der Waals surface area contributed by atoms with Crippen molar-refractivity contribution < 1.29 is 0 Å². The zero-order valence-electron chi connectivity index (χ0n) is 7.49. The summed E-state index contributed by atoms with van der Waals surface area (Å²) in [5.74, 6) is 0. The van der Waals surface area contributed by atoms with E-state index in [-0.39, 0.29) is 0 Å². The lowest BCUT2D eigenvalue weighted by molar-refractivity contribution is 0.0220. The SMILES string of the molecule is Clc1ccc(C23CC(I)(C2)C3)cc1Cl. The van der Waals surface area contributed by atoms with E-state index in [1.54, 1.807) is 0 Å². The highest BCUT2D eigenvalue weighted by Gasteiger charge is 2.66. The summed E-state index contributed by atoms with van der Waals surface area (Å²) in [6.45, 7) is 0. The number of hydrogen-bond donors (Lipinski definition) is 0. The third-order valence-electron chi connectivity index (χ3n) is 3.50. The van der Waals surface area contributed by atoms with Crippen molar-refractivity contribution in [3.63, 3.8) is 0 Å². The summed E-state index contributed by atoms with van der Waals surface area (Å²) in [7, 11) is 0. The van der Waals surface area contributed by atoms with Crippen molar-refractivity contribution in [3.8, 4) is 0 Å². The first-order valence-corrected chi connectivity index (χ1v) is 6.51. The zero-order valence-corrected chi connectivity index (χ0v) is 11.2. The molecule has 0 atom stereocenters. The first kappa shape index (κ1) is 9.73. The lowest BCUT2D eigenvalue weighted by Gasteiger charge is -2.68. The molecule has 0 unspecified atom stereocenters. The predicted molar refractivity (Wildman–Crippen MR) is 68.7 cm³/mol. The van der Waals surface area contributed by atoms with E-state index >= 15 is 0 Å². The van der Waals surface area contributed by atoms with Crippen molar-refractivity contribution in [2.45, 2.75) is 28.1 Å². The Morgan fingerprint density at radius 1 is 1.07 bits per heavy atom. The molecule has 0 aromatic heterocycles. The Kier molecular flexibility index (Phi) is 1.95. The van der Waals surface area contributed by atoms with E-state index in [0.717, 1.165) is 0 Å². The van der Waals surface area contributed by atoms with E-state index in [1.165, 1.54) is 24.8 Å². The number of hydrogen-bond acceptors (Lipinski definition) is 0. The van der Waals surface area contributed by atoms with Gasteiger partial charge in [-0.25, -0.2) is 0 Å². The van der Waals surface area contributed by atoms with Crippen LogP contribution in [0.5, 0.6) is 0 Å². The number of rotatable bonds is 1. The second-order valence-corrected chi connectivity index (χ2v) is 7.69. The average Bonchev–Trinajstić information content (AvgIpc) is 2.03. The molecule has 2 bridgehead atoms. The standard InChI is InChI=1S/C11H9Cl2I/c12-8-2-1-7(3-9(8)13)10-4-11(14,5-10)6-10/h1-3H,4-6H2. The number of benzene rings is 1. The molecule has 14 heavy (non-hydrogen) atoms. The molecule has 0 N–H and O–H groups in total. The van der Waals surface area contributed by atoms with E-state index in [4.69, 9.17) is 23.2 Å². The molecule has 0 spiro atoms. The molecule has 4 rings (SSSR count). The van der Waals surface area contributed by atoms with Crippen molar-refractivity contribution in [1.82, 2.24) is 0 Å². The van der Waals surface area contributed by atoms with E-state index in [1.807, 2.05) is 12.1 Å². The Morgan fingerprint density at radius 2 is 1.71 bits per heavy atom. The summed E-state index contributed by atoms with van der Waals surface area (Å²) in [5, 5.41) is 1.35. The van der Waals surface area contributed by atoms with Gasteiger partial charge < -0.3 is 0 Å². The molecule has 1 aromatic carbocycles. The van der Waals surface area contributed by atoms with Gasteiger partial charge in [0.15, 0.2) is 0 Å². The van der Waals surface area contributed by atoms with Crippen LogP contribution in [0.25, 0.3) is 0 Å². The molecule has 0 aliphatic heterocycles. The van der Waals surface area contributed by atoms with Gasteiger partial charge in [-0.1, -0.05) is 51.9 Å². The topological polar surface area (TPSA) is 0 Å². The fourth-order valence-corrected chi connectivity index (χ4v) is 5.28. The molecule has 3 saturated carbocycles. The maximum Gasteiger partial charge on any atom is 0.0595 e. The van der Waals surface area contributed by atoms with E-state index in [2.05, 4.69) is 28.7 Å². The van der Waals surface area contributed by atoms with Gasteiger partial charge in [-0.15, -0.1) is 0 Å². The second-order valence-electron chi connectivity index (χ2n) is 4.59. The molecule has 3 heteroatoms. The Bertz CT molecular complexity index is 394. The van der Waals surface area contributed by atoms with Crippen LogP contribution in [0.1, 0.15) is 24.8 Å². The quantitative estimate of drug-likeness (QED) is 0.518. The Hall–Kier alpha value is 0.530. The van der Waals surface area contributed by atoms with Gasteiger partial charge >= 0.3 is 0 Å². The molecule has 0 amide bonds. The van der Waals surface area contributed by atoms with Crippen molar-refractivity contribution in [3.05, 3.63) is 33.8 Å². The molecule has 3 fully saturated rings. The fourth-order valence-electron chi connectivity index (χ4n) is 2.80. The van der Waals surface area contributed by atoms with Crippen LogP contribution in [0.4, 0.5) is 0 Å². The van der Waals surface area contributed by atoms with E-state index < -0.39 is 0 Å². The number of halogens is 3. The second kappa shape index (κ2) is 2.80. The molecule has 74 valence electrons. The Balaban J connectivity index is 1.95. The van der Waals surface area contributed by atoms with Crippen molar-refractivity contribution in [1.29, 1.82) is 0 Å². The van der Waals surface area contributed by atoms with Gasteiger partial charge in [0, 0.05) is 3.42 Å². The van der Waals surface area contributed by atoms with Gasteiger partial charge in [-0.3, -0.25) is 0 Å². The summed E-state index contributed by atoms with van der Waals surface area (Å²) in [4.78, 5) is 0. The summed E-state index contributed by atoms with van der Waals surface area (Å²) < 4.78 is 0.615.